The van der Waals surface area contributed by atoms with Gasteiger partial charge in [0.2, 0.25) is 0 Å². The van der Waals surface area contributed by atoms with Gasteiger partial charge in [-0.15, -0.1) is 0 Å². The predicted octanol–water partition coefficient (Wildman–Crippen LogP) is 3.74. The lowest BCUT2D eigenvalue weighted by atomic mass is 10.1. The molecule has 2 aromatic carbocycles. The van der Waals surface area contributed by atoms with Gasteiger partial charge in [0.25, 0.3) is 0 Å². The first-order chi connectivity index (χ1) is 13.2. The van der Waals surface area contributed by atoms with Crippen LogP contribution in [-0.4, -0.2) is 28.6 Å². The number of ether oxygens (including phenoxy) is 2. The predicted molar refractivity (Wildman–Crippen MR) is 106 cm³/mol. The molecule has 0 aliphatic rings. The first kappa shape index (κ1) is 16.7. The molecule has 0 amide bonds. The van der Waals surface area contributed by atoms with E-state index in [1.54, 1.807) is 20.4 Å². The Labute approximate surface area is 156 Å². The number of aromatic nitrogens is 3. The Morgan fingerprint density at radius 2 is 1.78 bits per heavy atom. The maximum Gasteiger partial charge on any atom is 0.180 e. The molecule has 3 N–H and O–H groups in total. The van der Waals surface area contributed by atoms with E-state index in [0.717, 1.165) is 22.6 Å². The third-order valence-electron chi connectivity index (χ3n) is 4.23. The summed E-state index contributed by atoms with van der Waals surface area (Å²) in [6.45, 7) is 0. The zero-order valence-electron chi connectivity index (χ0n) is 15.0. The summed E-state index contributed by atoms with van der Waals surface area (Å²) in [5.74, 6) is 1.94. The number of nitrogens with zero attached hydrogens (tertiary/aromatic N) is 3. The fourth-order valence-corrected chi connectivity index (χ4v) is 2.86. The van der Waals surface area contributed by atoms with E-state index >= 15 is 0 Å². The minimum Gasteiger partial charge on any atom is -0.493 e. The van der Waals surface area contributed by atoms with Gasteiger partial charge in [0, 0.05) is 41.6 Å². The molecule has 0 spiro atoms. The summed E-state index contributed by atoms with van der Waals surface area (Å²) in [6, 6.07) is 13.2. The molecule has 136 valence electrons. The minimum atomic E-state index is 0.636. The van der Waals surface area contributed by atoms with Crippen LogP contribution in [0.3, 0.4) is 0 Å². The lowest BCUT2D eigenvalue weighted by Crippen LogP contribution is -2.01. The second-order valence-electron chi connectivity index (χ2n) is 5.95. The van der Waals surface area contributed by atoms with Crippen molar-refractivity contribution < 1.29 is 9.47 Å². The number of nitrogen functional groups attached to an aromatic ring is 1. The maximum absolute atomic E-state index is 5.79. The van der Waals surface area contributed by atoms with Crippen molar-refractivity contribution in [3.8, 4) is 22.8 Å². The number of anilines is 3. The van der Waals surface area contributed by atoms with Crippen molar-refractivity contribution in [2.24, 2.45) is 0 Å². The molecule has 7 nitrogen and oxygen atoms in total. The molecule has 4 aromatic rings. The van der Waals surface area contributed by atoms with E-state index in [2.05, 4.69) is 10.3 Å². The molecule has 2 aromatic heterocycles. The van der Waals surface area contributed by atoms with Gasteiger partial charge in [0.15, 0.2) is 23.0 Å². The molecule has 4 rings (SSSR count). The van der Waals surface area contributed by atoms with Crippen molar-refractivity contribution >= 4 is 22.8 Å². The summed E-state index contributed by atoms with van der Waals surface area (Å²) < 4.78 is 12.6. The van der Waals surface area contributed by atoms with Gasteiger partial charge in [0.1, 0.15) is 0 Å². The lowest BCUT2D eigenvalue weighted by molar-refractivity contribution is 0.355. The largest absolute Gasteiger partial charge is 0.493 e. The molecule has 0 saturated carbocycles. The number of hydrogen-bond acceptors (Lipinski definition) is 6. The Kier molecular flexibility index (Phi) is 4.25. The molecule has 27 heavy (non-hydrogen) atoms. The van der Waals surface area contributed by atoms with Crippen LogP contribution in [-0.2, 0) is 0 Å². The van der Waals surface area contributed by atoms with E-state index in [-0.39, 0.29) is 0 Å². The smallest absolute Gasteiger partial charge is 0.180 e. The number of hydrogen-bond donors (Lipinski definition) is 2. The van der Waals surface area contributed by atoms with Crippen LogP contribution in [0, 0.1) is 0 Å². The second-order valence-corrected chi connectivity index (χ2v) is 5.95. The first-order valence-corrected chi connectivity index (χ1v) is 8.36. The van der Waals surface area contributed by atoms with Gasteiger partial charge >= 0.3 is 0 Å². The van der Waals surface area contributed by atoms with Gasteiger partial charge in [-0.25, -0.2) is 9.97 Å². The van der Waals surface area contributed by atoms with Crippen LogP contribution in [0.4, 0.5) is 17.2 Å². The molecule has 0 fully saturated rings. The Morgan fingerprint density at radius 1 is 1.00 bits per heavy atom. The standard InChI is InChI=1S/C20H19N5O2/c1-26-17-8-7-15(11-18(17)27-2)23-19-20-22-9-10-25(20)12-16(24-19)13-3-5-14(21)6-4-13/h3-12H,21H2,1-2H3,(H,23,24). The van der Waals surface area contributed by atoms with E-state index in [4.69, 9.17) is 20.2 Å². The summed E-state index contributed by atoms with van der Waals surface area (Å²) in [4.78, 5) is 9.16. The number of methoxy groups -OCH3 is 2. The van der Waals surface area contributed by atoms with Crippen LogP contribution in [0.15, 0.2) is 61.1 Å². The number of fused-ring (bicyclic) bond motifs is 1. The Morgan fingerprint density at radius 3 is 2.52 bits per heavy atom. The quantitative estimate of drug-likeness (QED) is 0.527. The number of imidazole rings is 1. The van der Waals surface area contributed by atoms with Gasteiger partial charge in [-0.1, -0.05) is 12.1 Å². The molecular formula is C20H19N5O2. The van der Waals surface area contributed by atoms with E-state index in [9.17, 15) is 0 Å². The van der Waals surface area contributed by atoms with Crippen LogP contribution in [0.25, 0.3) is 16.9 Å². The van der Waals surface area contributed by atoms with Crippen LogP contribution in [0.5, 0.6) is 11.5 Å². The molecule has 7 heteroatoms. The van der Waals surface area contributed by atoms with E-state index < -0.39 is 0 Å². The molecule has 0 bridgehead atoms. The van der Waals surface area contributed by atoms with Crippen molar-refractivity contribution in [3.63, 3.8) is 0 Å². The third-order valence-corrected chi connectivity index (χ3v) is 4.23. The highest BCUT2D eigenvalue weighted by Crippen LogP contribution is 2.32. The van der Waals surface area contributed by atoms with Gasteiger partial charge in [-0.3, -0.25) is 0 Å². The molecule has 0 unspecified atom stereocenters. The summed E-state index contributed by atoms with van der Waals surface area (Å²) in [5.41, 5.74) is 9.83. The average molecular weight is 361 g/mol. The van der Waals surface area contributed by atoms with Crippen LogP contribution in [0.1, 0.15) is 0 Å². The van der Waals surface area contributed by atoms with Crippen LogP contribution >= 0.6 is 0 Å². The first-order valence-electron chi connectivity index (χ1n) is 8.36. The van der Waals surface area contributed by atoms with Gasteiger partial charge in [0.05, 0.1) is 19.9 Å². The van der Waals surface area contributed by atoms with Crippen molar-refractivity contribution in [3.05, 3.63) is 61.1 Å². The molecule has 0 aliphatic carbocycles. The fraction of sp³-hybridized carbons (Fsp3) is 0.100. The Balaban J connectivity index is 1.77. The molecule has 0 radical (unpaired) electrons. The van der Waals surface area contributed by atoms with Gasteiger partial charge < -0.3 is 24.9 Å². The van der Waals surface area contributed by atoms with Crippen molar-refractivity contribution in [2.45, 2.75) is 0 Å². The number of benzene rings is 2. The van der Waals surface area contributed by atoms with Gasteiger partial charge in [-0.2, -0.15) is 0 Å². The molecule has 0 aliphatic heterocycles. The average Bonchev–Trinajstić information content (AvgIpc) is 3.17. The highest BCUT2D eigenvalue weighted by molar-refractivity contribution is 5.74. The van der Waals surface area contributed by atoms with Crippen molar-refractivity contribution in [1.82, 2.24) is 14.4 Å². The summed E-state index contributed by atoms with van der Waals surface area (Å²) in [5, 5.41) is 3.33. The SMILES string of the molecule is COc1ccc(Nc2nc(-c3ccc(N)cc3)cn3ccnc23)cc1OC. The van der Waals surface area contributed by atoms with Crippen LogP contribution < -0.4 is 20.5 Å². The lowest BCUT2D eigenvalue weighted by Gasteiger charge is -2.12. The summed E-state index contributed by atoms with van der Waals surface area (Å²) >= 11 is 0. The topological polar surface area (TPSA) is 86.7 Å². The zero-order valence-corrected chi connectivity index (χ0v) is 15.0. The van der Waals surface area contributed by atoms with E-state index in [1.807, 2.05) is 59.3 Å². The van der Waals surface area contributed by atoms with Crippen molar-refractivity contribution in [1.29, 1.82) is 0 Å². The molecular weight excluding hydrogens is 342 g/mol. The van der Waals surface area contributed by atoms with Crippen molar-refractivity contribution in [2.75, 3.05) is 25.3 Å². The monoisotopic (exact) mass is 361 g/mol. The third kappa shape index (κ3) is 3.22. The molecule has 0 atom stereocenters. The normalized spacial score (nSPS) is 10.7. The van der Waals surface area contributed by atoms with Gasteiger partial charge in [-0.05, 0) is 24.3 Å². The summed E-state index contributed by atoms with van der Waals surface area (Å²) in [7, 11) is 3.21. The fourth-order valence-electron chi connectivity index (χ4n) is 2.86. The number of rotatable bonds is 5. The molecule has 2 heterocycles. The van der Waals surface area contributed by atoms with E-state index in [0.29, 0.717) is 23.0 Å². The van der Waals surface area contributed by atoms with Crippen LogP contribution in [0.2, 0.25) is 0 Å². The minimum absolute atomic E-state index is 0.636. The zero-order chi connectivity index (χ0) is 18.8. The highest BCUT2D eigenvalue weighted by atomic mass is 16.5. The molecule has 0 saturated heterocycles. The maximum atomic E-state index is 5.79. The number of nitrogens with one attached hydrogen (secondary N) is 1. The second kappa shape index (κ2) is 6.87. The Bertz CT molecular complexity index is 1090. The van der Waals surface area contributed by atoms with E-state index in [1.165, 1.54) is 0 Å². The Hall–Kier alpha value is -3.74. The number of nitrogens with two attached hydrogens (primary N) is 1. The highest BCUT2D eigenvalue weighted by Gasteiger charge is 2.11. The summed E-state index contributed by atoms with van der Waals surface area (Å²) in [6.07, 6.45) is 5.56.